The fourth-order valence-electron chi connectivity index (χ4n) is 1.59. The summed E-state index contributed by atoms with van der Waals surface area (Å²) < 4.78 is 0. The number of rotatable bonds is 5. The molecule has 0 unspecified atom stereocenters. The number of hydrogen-bond acceptors (Lipinski definition) is 2. The Balaban J connectivity index is 2.48. The maximum atomic E-state index is 11.7. The van der Waals surface area contributed by atoms with E-state index in [1.54, 1.807) is 0 Å². The molecule has 0 radical (unpaired) electrons. The van der Waals surface area contributed by atoms with Crippen molar-refractivity contribution in [2.75, 3.05) is 5.73 Å². The molecule has 0 bridgehead atoms. The molecule has 0 spiro atoms. The number of hydrogen-bond donors (Lipinski definition) is 2. The molecular weight excluding hydrogens is 200 g/mol. The molecular formula is C13H20N2O. The summed E-state index contributed by atoms with van der Waals surface area (Å²) in [5.41, 5.74) is 7.30. The van der Waals surface area contributed by atoms with Crippen LogP contribution in [-0.2, 0) is 11.2 Å². The van der Waals surface area contributed by atoms with E-state index in [1.807, 2.05) is 24.3 Å². The molecule has 1 aromatic rings. The number of carbonyl (C=O) groups is 1. The largest absolute Gasteiger partial charge is 0.399 e. The first-order valence-corrected chi connectivity index (χ1v) is 5.79. The van der Waals surface area contributed by atoms with Gasteiger partial charge in [-0.1, -0.05) is 26.0 Å². The lowest BCUT2D eigenvalue weighted by Crippen LogP contribution is -2.34. The molecule has 1 rings (SSSR count). The second-order valence-electron chi connectivity index (χ2n) is 4.00. The van der Waals surface area contributed by atoms with Gasteiger partial charge in [0.2, 0.25) is 5.91 Å². The molecule has 0 fully saturated rings. The van der Waals surface area contributed by atoms with Crippen LogP contribution in [0, 0.1) is 0 Å². The summed E-state index contributed by atoms with van der Waals surface area (Å²) in [7, 11) is 0. The highest BCUT2D eigenvalue weighted by Crippen LogP contribution is 2.06. The number of anilines is 1. The standard InChI is InChI=1S/C13H20N2O/c1-3-12(4-2)15-13(16)9-10-5-7-11(14)8-6-10/h5-8,12H,3-4,9,14H2,1-2H3,(H,15,16). The van der Waals surface area contributed by atoms with Crippen LogP contribution in [0.1, 0.15) is 32.3 Å². The summed E-state index contributed by atoms with van der Waals surface area (Å²) in [6.07, 6.45) is 2.38. The Morgan fingerprint density at radius 2 is 1.81 bits per heavy atom. The molecule has 3 N–H and O–H groups in total. The molecule has 1 aromatic carbocycles. The van der Waals surface area contributed by atoms with E-state index in [-0.39, 0.29) is 5.91 Å². The summed E-state index contributed by atoms with van der Waals surface area (Å²) in [5.74, 6) is 0.0819. The zero-order valence-electron chi connectivity index (χ0n) is 9.99. The topological polar surface area (TPSA) is 55.1 Å². The van der Waals surface area contributed by atoms with E-state index >= 15 is 0 Å². The Labute approximate surface area is 97.0 Å². The van der Waals surface area contributed by atoms with Crippen LogP contribution in [0.5, 0.6) is 0 Å². The van der Waals surface area contributed by atoms with E-state index in [1.165, 1.54) is 0 Å². The Kier molecular flexibility index (Phi) is 4.83. The first-order valence-electron chi connectivity index (χ1n) is 5.79. The quantitative estimate of drug-likeness (QED) is 0.747. The van der Waals surface area contributed by atoms with Gasteiger partial charge in [0.1, 0.15) is 0 Å². The average molecular weight is 220 g/mol. The predicted octanol–water partition coefficient (Wildman–Crippen LogP) is 2.12. The molecule has 16 heavy (non-hydrogen) atoms. The Morgan fingerprint density at radius 1 is 1.25 bits per heavy atom. The summed E-state index contributed by atoms with van der Waals surface area (Å²) in [6, 6.07) is 7.71. The molecule has 0 atom stereocenters. The van der Waals surface area contributed by atoms with Gasteiger partial charge in [-0.2, -0.15) is 0 Å². The molecule has 3 heteroatoms. The monoisotopic (exact) mass is 220 g/mol. The molecule has 1 amide bonds. The SMILES string of the molecule is CCC(CC)NC(=O)Cc1ccc(N)cc1. The summed E-state index contributed by atoms with van der Waals surface area (Å²) in [4.78, 5) is 11.7. The van der Waals surface area contributed by atoms with Crippen molar-refractivity contribution in [3.05, 3.63) is 29.8 Å². The maximum Gasteiger partial charge on any atom is 0.224 e. The fraction of sp³-hybridized carbons (Fsp3) is 0.462. The smallest absolute Gasteiger partial charge is 0.224 e. The Bertz CT molecular complexity index is 328. The van der Waals surface area contributed by atoms with Crippen molar-refractivity contribution in [3.63, 3.8) is 0 Å². The minimum Gasteiger partial charge on any atom is -0.399 e. The molecule has 3 nitrogen and oxygen atoms in total. The minimum absolute atomic E-state index is 0.0819. The van der Waals surface area contributed by atoms with Crippen molar-refractivity contribution < 1.29 is 4.79 Å². The highest BCUT2D eigenvalue weighted by atomic mass is 16.1. The van der Waals surface area contributed by atoms with Crippen LogP contribution < -0.4 is 11.1 Å². The van der Waals surface area contributed by atoms with E-state index in [2.05, 4.69) is 19.2 Å². The van der Waals surface area contributed by atoms with Gasteiger partial charge >= 0.3 is 0 Å². The molecule has 0 aliphatic heterocycles. The molecule has 0 aromatic heterocycles. The predicted molar refractivity (Wildman–Crippen MR) is 67.1 cm³/mol. The van der Waals surface area contributed by atoms with Crippen LogP contribution >= 0.6 is 0 Å². The van der Waals surface area contributed by atoms with Gasteiger partial charge in [0.15, 0.2) is 0 Å². The van der Waals surface area contributed by atoms with Crippen molar-refractivity contribution >= 4 is 11.6 Å². The molecule has 0 aliphatic carbocycles. The number of nitrogen functional groups attached to an aromatic ring is 1. The van der Waals surface area contributed by atoms with Crippen molar-refractivity contribution in [2.24, 2.45) is 0 Å². The molecule has 0 saturated heterocycles. The number of nitrogens with one attached hydrogen (secondary N) is 1. The van der Waals surface area contributed by atoms with E-state index in [9.17, 15) is 4.79 Å². The van der Waals surface area contributed by atoms with Gasteiger partial charge in [0.05, 0.1) is 6.42 Å². The van der Waals surface area contributed by atoms with Crippen LogP contribution in [-0.4, -0.2) is 11.9 Å². The number of carbonyl (C=O) groups excluding carboxylic acids is 1. The van der Waals surface area contributed by atoms with Gasteiger partial charge in [0, 0.05) is 11.7 Å². The lowest BCUT2D eigenvalue weighted by Gasteiger charge is -2.14. The molecule has 88 valence electrons. The van der Waals surface area contributed by atoms with Gasteiger partial charge in [-0.25, -0.2) is 0 Å². The highest BCUT2D eigenvalue weighted by Gasteiger charge is 2.08. The van der Waals surface area contributed by atoms with Gasteiger partial charge in [-0.05, 0) is 30.5 Å². The van der Waals surface area contributed by atoms with Gasteiger partial charge in [0.25, 0.3) is 0 Å². The van der Waals surface area contributed by atoms with Gasteiger partial charge < -0.3 is 11.1 Å². The number of amides is 1. The molecule has 0 saturated carbocycles. The van der Waals surface area contributed by atoms with Crippen LogP contribution in [0.25, 0.3) is 0 Å². The fourth-order valence-corrected chi connectivity index (χ4v) is 1.59. The van der Waals surface area contributed by atoms with Crippen molar-refractivity contribution in [1.82, 2.24) is 5.32 Å². The second kappa shape index (κ2) is 6.16. The van der Waals surface area contributed by atoms with E-state index < -0.39 is 0 Å². The lowest BCUT2D eigenvalue weighted by atomic mass is 10.1. The summed E-state index contributed by atoms with van der Waals surface area (Å²) in [5, 5.41) is 3.01. The van der Waals surface area contributed by atoms with Crippen LogP contribution in [0.4, 0.5) is 5.69 Å². The number of nitrogens with two attached hydrogens (primary N) is 1. The minimum atomic E-state index is 0.0819. The van der Waals surface area contributed by atoms with Crippen molar-refractivity contribution in [3.8, 4) is 0 Å². The molecule has 0 heterocycles. The van der Waals surface area contributed by atoms with Crippen LogP contribution in [0.3, 0.4) is 0 Å². The maximum absolute atomic E-state index is 11.7. The van der Waals surface area contributed by atoms with Crippen LogP contribution in [0.15, 0.2) is 24.3 Å². The third-order valence-electron chi connectivity index (χ3n) is 2.70. The van der Waals surface area contributed by atoms with E-state index in [4.69, 9.17) is 5.73 Å². The third-order valence-corrected chi connectivity index (χ3v) is 2.70. The van der Waals surface area contributed by atoms with E-state index in [0.717, 1.165) is 24.1 Å². The summed E-state index contributed by atoms with van der Waals surface area (Å²) in [6.45, 7) is 4.16. The van der Waals surface area contributed by atoms with E-state index in [0.29, 0.717) is 12.5 Å². The Morgan fingerprint density at radius 3 is 2.31 bits per heavy atom. The number of benzene rings is 1. The average Bonchev–Trinajstić information content (AvgIpc) is 2.29. The first kappa shape index (κ1) is 12.6. The van der Waals surface area contributed by atoms with Gasteiger partial charge in [-0.3, -0.25) is 4.79 Å². The highest BCUT2D eigenvalue weighted by molar-refractivity contribution is 5.78. The Hall–Kier alpha value is -1.51. The normalized spacial score (nSPS) is 10.4. The molecule has 0 aliphatic rings. The van der Waals surface area contributed by atoms with Gasteiger partial charge in [-0.15, -0.1) is 0 Å². The second-order valence-corrected chi connectivity index (χ2v) is 4.00. The third kappa shape index (κ3) is 3.93. The first-order chi connectivity index (χ1) is 7.65. The lowest BCUT2D eigenvalue weighted by molar-refractivity contribution is -0.121. The zero-order chi connectivity index (χ0) is 12.0. The van der Waals surface area contributed by atoms with Crippen molar-refractivity contribution in [2.45, 2.75) is 39.2 Å². The van der Waals surface area contributed by atoms with Crippen molar-refractivity contribution in [1.29, 1.82) is 0 Å². The summed E-state index contributed by atoms with van der Waals surface area (Å²) >= 11 is 0. The van der Waals surface area contributed by atoms with Crippen LogP contribution in [0.2, 0.25) is 0 Å². The zero-order valence-corrected chi connectivity index (χ0v) is 9.99.